The molecule has 0 unspecified atom stereocenters. The summed E-state index contributed by atoms with van der Waals surface area (Å²) in [6.45, 7) is 1.89. The predicted molar refractivity (Wildman–Crippen MR) is 53.2 cm³/mol. The summed E-state index contributed by atoms with van der Waals surface area (Å²) in [7, 11) is 0. The van der Waals surface area contributed by atoms with E-state index in [9.17, 15) is 10.1 Å². The second kappa shape index (κ2) is 3.61. The zero-order chi connectivity index (χ0) is 10.8. The van der Waals surface area contributed by atoms with E-state index in [0.29, 0.717) is 17.1 Å². The highest BCUT2D eigenvalue weighted by Gasteiger charge is 2.14. The van der Waals surface area contributed by atoms with Crippen LogP contribution in [0.25, 0.3) is 5.57 Å². The van der Waals surface area contributed by atoms with Crippen molar-refractivity contribution in [3.05, 3.63) is 40.1 Å². The normalized spacial score (nSPS) is 14.1. The van der Waals surface area contributed by atoms with Crippen LogP contribution in [0.2, 0.25) is 0 Å². The van der Waals surface area contributed by atoms with Gasteiger partial charge in [0.1, 0.15) is 0 Å². The predicted octanol–water partition coefficient (Wildman–Crippen LogP) is 2.05. The first-order chi connectivity index (χ1) is 7.16. The summed E-state index contributed by atoms with van der Waals surface area (Å²) < 4.78 is 10.3. The fraction of sp³-hybridized carbons (Fsp3) is 0.200. The molecule has 5 nitrogen and oxygen atoms in total. The molecule has 0 fully saturated rings. The maximum atomic E-state index is 10.3. The van der Waals surface area contributed by atoms with Crippen LogP contribution in [0.15, 0.2) is 24.4 Å². The maximum absolute atomic E-state index is 10.3. The summed E-state index contributed by atoms with van der Waals surface area (Å²) in [4.78, 5) is 9.82. The number of nitro groups is 1. The molecule has 0 saturated heterocycles. The number of benzene rings is 1. The van der Waals surface area contributed by atoms with Crippen LogP contribution in [0.1, 0.15) is 12.5 Å². The van der Waals surface area contributed by atoms with Crippen molar-refractivity contribution >= 4 is 5.57 Å². The molecule has 0 aromatic heterocycles. The number of fused-ring (bicyclic) bond motifs is 1. The maximum Gasteiger partial charge on any atom is 0.237 e. The Morgan fingerprint density at radius 3 is 2.93 bits per heavy atom. The minimum atomic E-state index is -0.472. The fourth-order valence-electron chi connectivity index (χ4n) is 1.37. The minimum Gasteiger partial charge on any atom is -0.454 e. The van der Waals surface area contributed by atoms with E-state index < -0.39 is 4.92 Å². The number of allylic oxidation sites excluding steroid dienone is 1. The van der Waals surface area contributed by atoms with Gasteiger partial charge in [-0.3, -0.25) is 10.1 Å². The van der Waals surface area contributed by atoms with Crippen molar-refractivity contribution in [1.29, 1.82) is 0 Å². The van der Waals surface area contributed by atoms with Crippen LogP contribution in [0.3, 0.4) is 0 Å². The minimum absolute atomic E-state index is 0.205. The van der Waals surface area contributed by atoms with Crippen LogP contribution in [0, 0.1) is 10.1 Å². The Bertz CT molecular complexity index is 439. The van der Waals surface area contributed by atoms with Crippen molar-refractivity contribution in [3.8, 4) is 11.5 Å². The molecule has 1 aliphatic rings. The molecule has 0 bridgehead atoms. The van der Waals surface area contributed by atoms with Gasteiger partial charge in [-0.1, -0.05) is 6.07 Å². The van der Waals surface area contributed by atoms with E-state index in [-0.39, 0.29) is 6.79 Å². The summed E-state index contributed by atoms with van der Waals surface area (Å²) >= 11 is 0. The molecule has 0 atom stereocenters. The topological polar surface area (TPSA) is 61.6 Å². The number of nitrogens with zero attached hydrogens (tertiary/aromatic N) is 1. The van der Waals surface area contributed by atoms with Gasteiger partial charge in [0, 0.05) is 5.57 Å². The molecule has 0 N–H and O–H groups in total. The van der Waals surface area contributed by atoms with E-state index >= 15 is 0 Å². The van der Waals surface area contributed by atoms with Crippen molar-refractivity contribution in [1.82, 2.24) is 0 Å². The van der Waals surface area contributed by atoms with Crippen LogP contribution in [-0.4, -0.2) is 11.7 Å². The lowest BCUT2D eigenvalue weighted by Gasteiger charge is -2.00. The van der Waals surface area contributed by atoms with Gasteiger partial charge >= 0.3 is 0 Å². The van der Waals surface area contributed by atoms with Gasteiger partial charge in [-0.15, -0.1) is 0 Å². The van der Waals surface area contributed by atoms with Gasteiger partial charge in [0.05, 0.1) is 4.92 Å². The largest absolute Gasteiger partial charge is 0.454 e. The van der Waals surface area contributed by atoms with E-state index in [0.717, 1.165) is 11.8 Å². The quantitative estimate of drug-likeness (QED) is 0.550. The second-order valence-electron chi connectivity index (χ2n) is 3.17. The third kappa shape index (κ3) is 1.90. The molecule has 0 amide bonds. The summed E-state index contributed by atoms with van der Waals surface area (Å²) in [6, 6.07) is 5.25. The first-order valence-corrected chi connectivity index (χ1v) is 4.39. The molecule has 1 aromatic rings. The zero-order valence-corrected chi connectivity index (χ0v) is 8.10. The van der Waals surface area contributed by atoms with Gasteiger partial charge in [0.2, 0.25) is 13.0 Å². The molecule has 0 radical (unpaired) electrons. The van der Waals surface area contributed by atoms with E-state index in [2.05, 4.69) is 0 Å². The Kier molecular flexibility index (Phi) is 2.29. The lowest BCUT2D eigenvalue weighted by atomic mass is 10.1. The Balaban J connectivity index is 2.34. The van der Waals surface area contributed by atoms with Crippen molar-refractivity contribution in [2.75, 3.05) is 6.79 Å². The Morgan fingerprint density at radius 2 is 2.20 bits per heavy atom. The molecule has 78 valence electrons. The molecule has 0 saturated carbocycles. The molecule has 1 aromatic carbocycles. The van der Waals surface area contributed by atoms with E-state index in [4.69, 9.17) is 9.47 Å². The smallest absolute Gasteiger partial charge is 0.237 e. The van der Waals surface area contributed by atoms with E-state index in [1.165, 1.54) is 0 Å². The molecule has 5 heteroatoms. The number of rotatable bonds is 2. The lowest BCUT2D eigenvalue weighted by molar-refractivity contribution is -0.401. The van der Waals surface area contributed by atoms with Crippen LogP contribution >= 0.6 is 0 Å². The first-order valence-electron chi connectivity index (χ1n) is 4.39. The summed E-state index contributed by atoms with van der Waals surface area (Å²) in [5, 5.41) is 10.3. The highest BCUT2D eigenvalue weighted by Crippen LogP contribution is 2.34. The van der Waals surface area contributed by atoms with Crippen LogP contribution in [0.5, 0.6) is 11.5 Å². The lowest BCUT2D eigenvalue weighted by Crippen LogP contribution is -1.93. The van der Waals surface area contributed by atoms with Crippen LogP contribution in [0.4, 0.5) is 0 Å². The Hall–Kier alpha value is -2.04. The van der Waals surface area contributed by atoms with E-state index in [1.807, 2.05) is 0 Å². The molecule has 2 rings (SSSR count). The van der Waals surface area contributed by atoms with Crippen LogP contribution in [-0.2, 0) is 0 Å². The van der Waals surface area contributed by atoms with Crippen molar-refractivity contribution in [2.24, 2.45) is 0 Å². The molecular formula is C10H9NO4. The average Bonchev–Trinajstić information content (AvgIpc) is 2.62. The highest BCUT2D eigenvalue weighted by molar-refractivity contribution is 5.65. The first kappa shape index (κ1) is 9.51. The Morgan fingerprint density at radius 1 is 1.47 bits per heavy atom. The van der Waals surface area contributed by atoms with Gasteiger partial charge in [-0.05, 0) is 24.6 Å². The molecule has 0 spiro atoms. The van der Waals surface area contributed by atoms with Crippen LogP contribution < -0.4 is 9.47 Å². The summed E-state index contributed by atoms with van der Waals surface area (Å²) in [5.74, 6) is 1.30. The number of hydrogen-bond donors (Lipinski definition) is 0. The third-order valence-electron chi connectivity index (χ3n) is 2.13. The number of hydrogen-bond acceptors (Lipinski definition) is 4. The summed E-state index contributed by atoms with van der Waals surface area (Å²) in [6.07, 6.45) is 0.970. The molecule has 0 aliphatic carbocycles. The van der Waals surface area contributed by atoms with Gasteiger partial charge in [0.25, 0.3) is 0 Å². The Labute approximate surface area is 86.1 Å². The monoisotopic (exact) mass is 207 g/mol. The van der Waals surface area contributed by atoms with Gasteiger partial charge in [-0.25, -0.2) is 0 Å². The highest BCUT2D eigenvalue weighted by atomic mass is 16.7. The van der Waals surface area contributed by atoms with Gasteiger partial charge in [0.15, 0.2) is 11.5 Å². The van der Waals surface area contributed by atoms with Crippen molar-refractivity contribution in [3.63, 3.8) is 0 Å². The second-order valence-corrected chi connectivity index (χ2v) is 3.17. The third-order valence-corrected chi connectivity index (χ3v) is 2.13. The SMILES string of the molecule is C/C(=C\[N+](=O)[O-])c1ccc2c(c1)OCO2. The average molecular weight is 207 g/mol. The molecule has 1 aliphatic heterocycles. The molecule has 1 heterocycles. The zero-order valence-electron chi connectivity index (χ0n) is 8.10. The molecule has 15 heavy (non-hydrogen) atoms. The summed E-state index contributed by atoms with van der Waals surface area (Å²) in [5.41, 5.74) is 1.34. The number of ether oxygens (including phenoxy) is 2. The van der Waals surface area contributed by atoms with Crippen molar-refractivity contribution < 1.29 is 14.4 Å². The molecular weight excluding hydrogens is 198 g/mol. The van der Waals surface area contributed by atoms with Crippen molar-refractivity contribution in [2.45, 2.75) is 6.92 Å². The standard InChI is InChI=1S/C10H9NO4/c1-7(5-11(12)13)8-2-3-9-10(4-8)15-6-14-9/h2-5H,6H2,1H3/b7-5+. The fourth-order valence-corrected chi connectivity index (χ4v) is 1.37. The van der Waals surface area contributed by atoms with Gasteiger partial charge in [-0.2, -0.15) is 0 Å². The van der Waals surface area contributed by atoms with E-state index in [1.54, 1.807) is 25.1 Å². The van der Waals surface area contributed by atoms with Gasteiger partial charge < -0.3 is 9.47 Å².